The van der Waals surface area contributed by atoms with Crippen molar-refractivity contribution in [3.8, 4) is 0 Å². The van der Waals surface area contributed by atoms with E-state index in [2.05, 4.69) is 16.2 Å². The first-order chi connectivity index (χ1) is 9.35. The normalized spacial score (nSPS) is 10.2. The summed E-state index contributed by atoms with van der Waals surface area (Å²) in [4.78, 5) is 36.1. The zero-order valence-electron chi connectivity index (χ0n) is 12.0. The van der Waals surface area contributed by atoms with Gasteiger partial charge in [-0.15, -0.1) is 11.3 Å². The first-order valence-electron chi connectivity index (χ1n) is 6.35. The van der Waals surface area contributed by atoms with Crippen molar-refractivity contribution < 1.29 is 14.4 Å². The van der Waals surface area contributed by atoms with E-state index in [4.69, 9.17) is 0 Å². The van der Waals surface area contributed by atoms with E-state index in [1.54, 1.807) is 19.9 Å². The van der Waals surface area contributed by atoms with E-state index in [0.717, 1.165) is 16.9 Å². The maximum atomic E-state index is 11.8. The lowest BCUT2D eigenvalue weighted by Crippen LogP contribution is -2.49. The van der Waals surface area contributed by atoms with Crippen LogP contribution in [0, 0.1) is 6.92 Å². The summed E-state index contributed by atoms with van der Waals surface area (Å²) in [5.74, 6) is -2.10. The fraction of sp³-hybridized carbons (Fsp3) is 0.462. The van der Waals surface area contributed by atoms with E-state index in [9.17, 15) is 14.4 Å². The molecule has 0 unspecified atom stereocenters. The molecule has 0 spiro atoms. The molecule has 0 aliphatic heterocycles. The van der Waals surface area contributed by atoms with Gasteiger partial charge in [-0.25, -0.2) is 0 Å². The summed E-state index contributed by atoms with van der Waals surface area (Å²) in [5, 5.41) is 2.43. The molecule has 0 saturated carbocycles. The Morgan fingerprint density at radius 2 is 1.85 bits per heavy atom. The summed E-state index contributed by atoms with van der Waals surface area (Å²) in [6, 6.07) is 1.64. The number of aryl methyl sites for hydroxylation is 2. The predicted octanol–water partition coefficient (Wildman–Crippen LogP) is 0.905. The van der Waals surface area contributed by atoms with Crippen molar-refractivity contribution in [3.05, 3.63) is 21.4 Å². The highest BCUT2D eigenvalue weighted by Crippen LogP contribution is 2.21. The quantitative estimate of drug-likeness (QED) is 0.572. The molecule has 1 aromatic heterocycles. The molecular weight excluding hydrogens is 278 g/mol. The van der Waals surface area contributed by atoms with Crippen molar-refractivity contribution in [3.63, 3.8) is 0 Å². The monoisotopic (exact) mass is 297 g/mol. The van der Waals surface area contributed by atoms with Crippen LogP contribution in [0.4, 0.5) is 0 Å². The molecule has 0 aromatic carbocycles. The fourth-order valence-electron chi connectivity index (χ4n) is 1.54. The van der Waals surface area contributed by atoms with E-state index in [1.807, 2.05) is 13.8 Å². The summed E-state index contributed by atoms with van der Waals surface area (Å²) < 4.78 is 0. The molecule has 0 bridgehead atoms. The molecule has 0 atom stereocenters. The van der Waals surface area contributed by atoms with Gasteiger partial charge < -0.3 is 5.32 Å². The van der Waals surface area contributed by atoms with Crippen LogP contribution < -0.4 is 16.2 Å². The molecule has 3 amide bonds. The Morgan fingerprint density at radius 3 is 2.35 bits per heavy atom. The number of amides is 3. The van der Waals surface area contributed by atoms with Gasteiger partial charge in [-0.2, -0.15) is 0 Å². The summed E-state index contributed by atoms with van der Waals surface area (Å²) in [7, 11) is 0. The van der Waals surface area contributed by atoms with Crippen LogP contribution in [0.15, 0.2) is 6.07 Å². The van der Waals surface area contributed by atoms with Crippen LogP contribution in [0.25, 0.3) is 0 Å². The van der Waals surface area contributed by atoms with Crippen LogP contribution in [-0.4, -0.2) is 23.8 Å². The van der Waals surface area contributed by atoms with Crippen molar-refractivity contribution in [2.75, 3.05) is 0 Å². The number of hydrogen-bond donors (Lipinski definition) is 3. The van der Waals surface area contributed by atoms with Crippen LogP contribution in [0.3, 0.4) is 0 Å². The molecule has 110 valence electrons. The topological polar surface area (TPSA) is 87.3 Å². The van der Waals surface area contributed by atoms with Gasteiger partial charge >= 0.3 is 11.8 Å². The number of rotatable bonds is 3. The smallest absolute Gasteiger partial charge is 0.327 e. The third-order valence-electron chi connectivity index (χ3n) is 2.54. The fourth-order valence-corrected chi connectivity index (χ4v) is 2.55. The van der Waals surface area contributed by atoms with Crippen LogP contribution >= 0.6 is 11.3 Å². The second-order valence-corrected chi connectivity index (χ2v) is 5.84. The van der Waals surface area contributed by atoms with Gasteiger partial charge in [0, 0.05) is 10.9 Å². The molecule has 7 heteroatoms. The molecule has 0 saturated heterocycles. The van der Waals surface area contributed by atoms with E-state index < -0.39 is 17.7 Å². The van der Waals surface area contributed by atoms with Gasteiger partial charge in [0.05, 0.1) is 4.88 Å². The Labute approximate surface area is 121 Å². The second-order valence-electron chi connectivity index (χ2n) is 4.58. The summed E-state index contributed by atoms with van der Waals surface area (Å²) in [5.41, 5.74) is 5.42. The van der Waals surface area contributed by atoms with Crippen molar-refractivity contribution in [1.82, 2.24) is 16.2 Å². The van der Waals surface area contributed by atoms with E-state index in [0.29, 0.717) is 4.88 Å². The van der Waals surface area contributed by atoms with E-state index in [1.165, 1.54) is 11.3 Å². The highest BCUT2D eigenvalue weighted by Gasteiger charge is 2.16. The first-order valence-corrected chi connectivity index (χ1v) is 7.17. The molecular formula is C13H19N3O3S. The SMILES string of the molecule is CCc1cc(C(=O)NNC(=O)C(=O)NC(C)C)sc1C. The number of thiophene rings is 1. The summed E-state index contributed by atoms with van der Waals surface area (Å²) in [6.07, 6.45) is 0.846. The maximum Gasteiger partial charge on any atom is 0.327 e. The third kappa shape index (κ3) is 4.34. The Kier molecular flexibility index (Phi) is 5.69. The number of nitrogens with one attached hydrogen (secondary N) is 3. The maximum absolute atomic E-state index is 11.8. The summed E-state index contributed by atoms with van der Waals surface area (Å²) >= 11 is 1.35. The minimum Gasteiger partial charge on any atom is -0.346 e. The lowest BCUT2D eigenvalue weighted by molar-refractivity contribution is -0.139. The van der Waals surface area contributed by atoms with Gasteiger partial charge in [-0.05, 0) is 38.8 Å². The minimum atomic E-state index is -0.893. The average Bonchev–Trinajstić information content (AvgIpc) is 2.76. The van der Waals surface area contributed by atoms with Crippen molar-refractivity contribution in [2.24, 2.45) is 0 Å². The molecule has 6 nitrogen and oxygen atoms in total. The Bertz CT molecular complexity index is 523. The van der Waals surface area contributed by atoms with E-state index >= 15 is 0 Å². The third-order valence-corrected chi connectivity index (χ3v) is 3.63. The van der Waals surface area contributed by atoms with Gasteiger partial charge in [0.1, 0.15) is 0 Å². The van der Waals surface area contributed by atoms with Crippen molar-refractivity contribution >= 4 is 29.1 Å². The highest BCUT2D eigenvalue weighted by atomic mass is 32.1. The lowest BCUT2D eigenvalue weighted by atomic mass is 10.2. The predicted molar refractivity (Wildman–Crippen MR) is 77.3 cm³/mol. The number of carbonyl (C=O) groups is 3. The van der Waals surface area contributed by atoms with Crippen LogP contribution in [0.2, 0.25) is 0 Å². The van der Waals surface area contributed by atoms with Gasteiger partial charge in [-0.1, -0.05) is 6.92 Å². The zero-order valence-corrected chi connectivity index (χ0v) is 12.8. The Hall–Kier alpha value is -1.89. The number of hydrogen-bond acceptors (Lipinski definition) is 4. The van der Waals surface area contributed by atoms with Crippen LogP contribution in [-0.2, 0) is 16.0 Å². The molecule has 0 fully saturated rings. The minimum absolute atomic E-state index is 0.143. The zero-order chi connectivity index (χ0) is 15.3. The molecule has 1 aromatic rings. The molecule has 20 heavy (non-hydrogen) atoms. The molecule has 0 radical (unpaired) electrons. The number of carbonyl (C=O) groups excluding carboxylic acids is 3. The highest BCUT2D eigenvalue weighted by molar-refractivity contribution is 7.14. The van der Waals surface area contributed by atoms with Gasteiger partial charge in [0.15, 0.2) is 0 Å². The van der Waals surface area contributed by atoms with Crippen LogP contribution in [0.1, 0.15) is 40.9 Å². The van der Waals surface area contributed by atoms with E-state index in [-0.39, 0.29) is 6.04 Å². The average molecular weight is 297 g/mol. The Morgan fingerprint density at radius 1 is 1.20 bits per heavy atom. The van der Waals surface area contributed by atoms with Crippen molar-refractivity contribution in [2.45, 2.75) is 40.2 Å². The molecule has 1 heterocycles. The second kappa shape index (κ2) is 7.04. The van der Waals surface area contributed by atoms with Gasteiger partial charge in [-0.3, -0.25) is 25.2 Å². The molecule has 0 aliphatic rings. The molecule has 0 aliphatic carbocycles. The standard InChI is InChI=1S/C13H19N3O3S/c1-5-9-6-10(20-8(9)4)11(17)15-16-13(19)12(18)14-7(2)3/h6-7H,5H2,1-4H3,(H,14,18)(H,15,17)(H,16,19). The van der Waals surface area contributed by atoms with Crippen LogP contribution in [0.5, 0.6) is 0 Å². The number of hydrazine groups is 1. The van der Waals surface area contributed by atoms with Crippen molar-refractivity contribution in [1.29, 1.82) is 0 Å². The first kappa shape index (κ1) is 16.2. The lowest BCUT2D eigenvalue weighted by Gasteiger charge is -2.09. The van der Waals surface area contributed by atoms with Gasteiger partial charge in [0.2, 0.25) is 0 Å². The molecule has 3 N–H and O–H groups in total. The summed E-state index contributed by atoms with van der Waals surface area (Å²) in [6.45, 7) is 7.43. The largest absolute Gasteiger partial charge is 0.346 e. The Balaban J connectivity index is 2.54. The van der Waals surface area contributed by atoms with Gasteiger partial charge in [0.25, 0.3) is 5.91 Å². The molecule has 1 rings (SSSR count).